The van der Waals surface area contributed by atoms with E-state index in [-0.39, 0.29) is 18.5 Å². The summed E-state index contributed by atoms with van der Waals surface area (Å²) in [5.74, 6) is -0.0751. The molecule has 3 N–H and O–H groups in total. The van der Waals surface area contributed by atoms with E-state index in [2.05, 4.69) is 31.3 Å². The van der Waals surface area contributed by atoms with Gasteiger partial charge < -0.3 is 20.3 Å². The van der Waals surface area contributed by atoms with Crippen LogP contribution in [0.4, 0.5) is 0 Å². The lowest BCUT2D eigenvalue weighted by Gasteiger charge is -2.20. The minimum Gasteiger partial charge on any atom is -0.466 e. The number of rotatable bonds is 56. The molecule has 0 aliphatic rings. The van der Waals surface area contributed by atoms with Gasteiger partial charge in [0, 0.05) is 12.8 Å². The van der Waals surface area contributed by atoms with Gasteiger partial charge in [0.25, 0.3) is 0 Å². The fourth-order valence-electron chi connectivity index (χ4n) is 9.34. The minimum atomic E-state index is -0.850. The van der Waals surface area contributed by atoms with Crippen LogP contribution in [0.2, 0.25) is 0 Å². The van der Waals surface area contributed by atoms with E-state index in [1.54, 1.807) is 6.08 Å². The highest BCUT2D eigenvalue weighted by molar-refractivity contribution is 5.76. The highest BCUT2D eigenvalue weighted by atomic mass is 16.5. The van der Waals surface area contributed by atoms with Gasteiger partial charge in [-0.2, -0.15) is 0 Å². The third-order valence-corrected chi connectivity index (χ3v) is 14.0. The summed E-state index contributed by atoms with van der Waals surface area (Å²) in [5.41, 5.74) is 0. The Hall–Kier alpha value is -1.66. The van der Waals surface area contributed by atoms with Gasteiger partial charge in [-0.3, -0.25) is 9.59 Å². The van der Waals surface area contributed by atoms with E-state index in [1.165, 1.54) is 250 Å². The topological polar surface area (TPSA) is 95.9 Å². The third-order valence-electron chi connectivity index (χ3n) is 14.0. The molecule has 0 aromatic heterocycles. The molecular formula is C61H117NO5. The number of hydrogen-bond acceptors (Lipinski definition) is 5. The molecular weight excluding hydrogens is 827 g/mol. The molecule has 1 amide bonds. The van der Waals surface area contributed by atoms with Crippen LogP contribution in [0.25, 0.3) is 0 Å². The molecule has 0 aliphatic heterocycles. The summed E-state index contributed by atoms with van der Waals surface area (Å²) in [7, 11) is 0. The van der Waals surface area contributed by atoms with E-state index in [0.29, 0.717) is 19.4 Å². The molecule has 0 aromatic rings. The van der Waals surface area contributed by atoms with Crippen molar-refractivity contribution in [3.8, 4) is 0 Å². The maximum atomic E-state index is 12.5. The molecule has 396 valence electrons. The summed E-state index contributed by atoms with van der Waals surface area (Å²) in [4.78, 5) is 24.6. The molecule has 0 saturated heterocycles. The van der Waals surface area contributed by atoms with Gasteiger partial charge in [0.1, 0.15) is 0 Å². The molecule has 6 heteroatoms. The second-order valence-corrected chi connectivity index (χ2v) is 20.7. The fourth-order valence-corrected chi connectivity index (χ4v) is 9.34. The van der Waals surface area contributed by atoms with Crippen molar-refractivity contribution in [1.82, 2.24) is 5.32 Å². The average Bonchev–Trinajstić information content (AvgIpc) is 3.33. The highest BCUT2D eigenvalue weighted by Crippen LogP contribution is 2.17. The first-order chi connectivity index (χ1) is 33.0. The Morgan fingerprint density at radius 1 is 0.403 bits per heavy atom. The molecule has 2 atom stereocenters. The first kappa shape index (κ1) is 65.3. The first-order valence-corrected chi connectivity index (χ1v) is 30.1. The largest absolute Gasteiger partial charge is 0.466 e. The second-order valence-electron chi connectivity index (χ2n) is 20.7. The van der Waals surface area contributed by atoms with E-state index < -0.39 is 12.1 Å². The zero-order valence-corrected chi connectivity index (χ0v) is 45.1. The number of hydrogen-bond donors (Lipinski definition) is 3. The normalized spacial score (nSPS) is 12.7. The van der Waals surface area contributed by atoms with Crippen LogP contribution in [-0.2, 0) is 14.3 Å². The molecule has 0 aliphatic carbocycles. The van der Waals surface area contributed by atoms with Gasteiger partial charge in [-0.25, -0.2) is 0 Å². The molecule has 6 nitrogen and oxygen atoms in total. The standard InChI is InChI=1S/C61H117NO5/c1-3-5-7-9-11-13-15-17-19-21-22-23-27-31-35-39-43-47-51-55-61(66)67-56-52-48-44-40-36-32-28-24-26-30-34-38-42-46-50-54-60(65)62-58(57-63)59(64)53-49-45-41-37-33-29-25-20-18-16-14-12-10-8-6-4-2/h17,19,49,53,58-59,63-64H,3-16,18,20-48,50-52,54-57H2,1-2H3,(H,62,65)/b19-17-,53-49+. The number of amides is 1. The molecule has 0 heterocycles. The Labute approximate surface area is 418 Å². The van der Waals surface area contributed by atoms with Crippen LogP contribution < -0.4 is 5.32 Å². The van der Waals surface area contributed by atoms with Gasteiger partial charge in [0.2, 0.25) is 5.91 Å². The van der Waals surface area contributed by atoms with Crippen molar-refractivity contribution in [2.45, 2.75) is 341 Å². The monoisotopic (exact) mass is 944 g/mol. The number of carbonyl (C=O) groups is 2. The first-order valence-electron chi connectivity index (χ1n) is 30.1. The Morgan fingerprint density at radius 3 is 1.06 bits per heavy atom. The van der Waals surface area contributed by atoms with Gasteiger partial charge in [-0.1, -0.05) is 282 Å². The van der Waals surface area contributed by atoms with E-state index in [4.69, 9.17) is 4.74 Å². The Balaban J connectivity index is 3.43. The van der Waals surface area contributed by atoms with Gasteiger partial charge in [-0.05, 0) is 57.8 Å². The Kier molecular flexibility index (Phi) is 55.5. The zero-order chi connectivity index (χ0) is 48.6. The SMILES string of the molecule is CCCCCCCC/C=C\CCCCCCCCCCCC(=O)OCCCCCCCCCCCCCCCCCC(=O)NC(CO)C(O)/C=C/CCCCCCCCCCCCCCCC. The van der Waals surface area contributed by atoms with Crippen molar-refractivity contribution in [2.24, 2.45) is 0 Å². The van der Waals surface area contributed by atoms with Crippen LogP contribution in [-0.4, -0.2) is 47.4 Å². The number of esters is 1. The number of ether oxygens (including phenoxy) is 1. The van der Waals surface area contributed by atoms with Crippen molar-refractivity contribution in [3.05, 3.63) is 24.3 Å². The molecule has 0 rings (SSSR count). The number of carbonyl (C=O) groups excluding carboxylic acids is 2. The summed E-state index contributed by atoms with van der Waals surface area (Å²) >= 11 is 0. The van der Waals surface area contributed by atoms with Gasteiger partial charge in [-0.15, -0.1) is 0 Å². The predicted molar refractivity (Wildman–Crippen MR) is 292 cm³/mol. The van der Waals surface area contributed by atoms with E-state index >= 15 is 0 Å². The Morgan fingerprint density at radius 2 is 0.701 bits per heavy atom. The lowest BCUT2D eigenvalue weighted by molar-refractivity contribution is -0.143. The number of nitrogens with one attached hydrogen (secondary N) is 1. The summed E-state index contributed by atoms with van der Waals surface area (Å²) in [6.45, 7) is 4.90. The van der Waals surface area contributed by atoms with Crippen LogP contribution >= 0.6 is 0 Å². The maximum absolute atomic E-state index is 12.5. The summed E-state index contributed by atoms with van der Waals surface area (Å²) in [6.07, 6.45) is 69.1. The minimum absolute atomic E-state index is 0.000469. The van der Waals surface area contributed by atoms with Crippen molar-refractivity contribution in [1.29, 1.82) is 0 Å². The lowest BCUT2D eigenvalue weighted by Crippen LogP contribution is -2.45. The average molecular weight is 945 g/mol. The van der Waals surface area contributed by atoms with E-state index in [9.17, 15) is 19.8 Å². The van der Waals surface area contributed by atoms with Crippen LogP contribution in [0.3, 0.4) is 0 Å². The molecule has 0 spiro atoms. The van der Waals surface area contributed by atoms with Gasteiger partial charge in [0.15, 0.2) is 0 Å². The smallest absolute Gasteiger partial charge is 0.305 e. The van der Waals surface area contributed by atoms with Crippen molar-refractivity contribution in [2.75, 3.05) is 13.2 Å². The molecule has 0 bridgehead atoms. The predicted octanol–water partition coefficient (Wildman–Crippen LogP) is 18.6. The van der Waals surface area contributed by atoms with Crippen LogP contribution in [0, 0.1) is 0 Å². The van der Waals surface area contributed by atoms with Crippen molar-refractivity contribution in [3.63, 3.8) is 0 Å². The third kappa shape index (κ3) is 53.5. The van der Waals surface area contributed by atoms with Crippen LogP contribution in [0.5, 0.6) is 0 Å². The van der Waals surface area contributed by atoms with E-state index in [0.717, 1.165) is 51.4 Å². The lowest BCUT2D eigenvalue weighted by atomic mass is 10.0. The van der Waals surface area contributed by atoms with Crippen LogP contribution in [0.1, 0.15) is 328 Å². The van der Waals surface area contributed by atoms with Crippen molar-refractivity contribution < 1.29 is 24.5 Å². The fraction of sp³-hybridized carbons (Fsp3) is 0.902. The van der Waals surface area contributed by atoms with Gasteiger partial charge >= 0.3 is 5.97 Å². The molecule has 0 aromatic carbocycles. The Bertz CT molecular complexity index is 1040. The quantitative estimate of drug-likeness (QED) is 0.0321. The molecule has 0 saturated carbocycles. The van der Waals surface area contributed by atoms with Crippen molar-refractivity contribution >= 4 is 11.9 Å². The maximum Gasteiger partial charge on any atom is 0.305 e. The molecule has 0 radical (unpaired) electrons. The van der Waals surface area contributed by atoms with Crippen LogP contribution in [0.15, 0.2) is 24.3 Å². The summed E-state index contributed by atoms with van der Waals surface area (Å²) in [5, 5.41) is 23.1. The number of unbranched alkanes of at least 4 members (excludes halogenated alkanes) is 43. The molecule has 0 fully saturated rings. The van der Waals surface area contributed by atoms with E-state index in [1.807, 2.05) is 6.08 Å². The summed E-state index contributed by atoms with van der Waals surface area (Å²) < 4.78 is 5.49. The second kappa shape index (κ2) is 56.9. The molecule has 2 unspecified atom stereocenters. The number of allylic oxidation sites excluding steroid dienone is 3. The number of aliphatic hydroxyl groups is 2. The van der Waals surface area contributed by atoms with Gasteiger partial charge in [0.05, 0.1) is 25.4 Å². The molecule has 67 heavy (non-hydrogen) atoms. The number of aliphatic hydroxyl groups excluding tert-OH is 2. The summed E-state index contributed by atoms with van der Waals surface area (Å²) in [6, 6.07) is -0.634. The zero-order valence-electron chi connectivity index (χ0n) is 45.1. The highest BCUT2D eigenvalue weighted by Gasteiger charge is 2.18.